The topological polar surface area (TPSA) is 152 Å². The monoisotopic (exact) mass is 763 g/mol. The number of hydrogen-bond acceptors (Lipinski definition) is 10. The molecule has 0 saturated carbocycles. The minimum absolute atomic E-state index is 0.198. The molecule has 1 fully saturated rings. The van der Waals surface area contributed by atoms with Gasteiger partial charge in [0.1, 0.15) is 31.0 Å². The summed E-state index contributed by atoms with van der Waals surface area (Å²) in [6.45, 7) is 3.23. The normalized spacial score (nSPS) is 21.3. The van der Waals surface area contributed by atoms with Crippen molar-refractivity contribution in [3.8, 4) is 0 Å². The van der Waals surface area contributed by atoms with Gasteiger partial charge >= 0.3 is 11.9 Å². The average molecular weight is 763 g/mol. The first-order valence-corrected chi connectivity index (χ1v) is 20.9. The number of aliphatic hydroxyl groups is 4. The number of allylic oxidation sites excluding steroid dienone is 10. The van der Waals surface area contributed by atoms with Gasteiger partial charge in [-0.2, -0.15) is 0 Å². The Bertz CT molecular complexity index is 1070. The number of carbonyl (C=O) groups excluding carboxylic acids is 2. The Kier molecular flexibility index (Phi) is 31.9. The van der Waals surface area contributed by atoms with Gasteiger partial charge in [0.25, 0.3) is 0 Å². The summed E-state index contributed by atoms with van der Waals surface area (Å²) in [7, 11) is 0. The Balaban J connectivity index is 2.40. The molecular weight excluding hydrogens is 688 g/mol. The molecule has 1 rings (SSSR count). The third-order valence-electron chi connectivity index (χ3n) is 9.14. The molecule has 1 heterocycles. The van der Waals surface area contributed by atoms with Gasteiger partial charge in [0.15, 0.2) is 12.4 Å². The highest BCUT2D eigenvalue weighted by Crippen LogP contribution is 2.22. The SMILES string of the molecule is CC/C=C\C/C=C\C/C=C\C/C=C\CCCCCCC(=O)OC(COC(=O)CCCCCCC/C=C\CCCCC)COC1OC(CO)C(O)C(O)C1O. The summed E-state index contributed by atoms with van der Waals surface area (Å²) in [6.07, 6.45) is 33.7. The van der Waals surface area contributed by atoms with Crippen LogP contribution in [0.2, 0.25) is 0 Å². The van der Waals surface area contributed by atoms with Gasteiger partial charge in [-0.05, 0) is 77.0 Å². The van der Waals surface area contributed by atoms with Crippen LogP contribution in [-0.4, -0.2) is 89.0 Å². The number of rotatable bonds is 33. The van der Waals surface area contributed by atoms with E-state index in [1.165, 1.54) is 19.3 Å². The van der Waals surface area contributed by atoms with E-state index in [0.717, 1.165) is 89.9 Å². The van der Waals surface area contributed by atoms with Crippen LogP contribution in [0.1, 0.15) is 149 Å². The Labute approximate surface area is 326 Å². The maximum absolute atomic E-state index is 12.7. The molecule has 1 aliphatic heterocycles. The molecule has 1 saturated heterocycles. The van der Waals surface area contributed by atoms with Crippen molar-refractivity contribution in [2.45, 2.75) is 185 Å². The van der Waals surface area contributed by atoms with Crippen LogP contribution in [0.25, 0.3) is 0 Å². The van der Waals surface area contributed by atoms with E-state index in [4.69, 9.17) is 18.9 Å². The zero-order valence-electron chi connectivity index (χ0n) is 33.4. The predicted molar refractivity (Wildman–Crippen MR) is 215 cm³/mol. The minimum Gasteiger partial charge on any atom is -0.462 e. The molecule has 0 spiro atoms. The van der Waals surface area contributed by atoms with E-state index >= 15 is 0 Å². The van der Waals surface area contributed by atoms with Crippen LogP contribution in [-0.2, 0) is 28.5 Å². The molecule has 54 heavy (non-hydrogen) atoms. The third kappa shape index (κ3) is 26.2. The molecule has 4 N–H and O–H groups in total. The van der Waals surface area contributed by atoms with Crippen molar-refractivity contribution >= 4 is 11.9 Å². The fraction of sp³-hybridized carbons (Fsp3) is 0.727. The summed E-state index contributed by atoms with van der Waals surface area (Å²) in [5, 5.41) is 40.0. The highest BCUT2D eigenvalue weighted by molar-refractivity contribution is 5.70. The van der Waals surface area contributed by atoms with Crippen LogP contribution in [0.5, 0.6) is 0 Å². The summed E-state index contributed by atoms with van der Waals surface area (Å²) in [5.74, 6) is -0.852. The Morgan fingerprint density at radius 3 is 1.67 bits per heavy atom. The number of aliphatic hydroxyl groups excluding tert-OH is 4. The minimum atomic E-state index is -1.60. The van der Waals surface area contributed by atoms with Crippen LogP contribution in [0.4, 0.5) is 0 Å². The Hall–Kier alpha value is -2.60. The number of carbonyl (C=O) groups is 2. The first-order chi connectivity index (χ1) is 26.3. The summed E-state index contributed by atoms with van der Waals surface area (Å²) < 4.78 is 22.1. The second-order valence-corrected chi connectivity index (χ2v) is 14.1. The Morgan fingerprint density at radius 1 is 0.593 bits per heavy atom. The van der Waals surface area contributed by atoms with Crippen molar-refractivity contribution in [2.75, 3.05) is 19.8 Å². The number of ether oxygens (including phenoxy) is 4. The summed E-state index contributed by atoms with van der Waals surface area (Å²) in [6, 6.07) is 0. The molecule has 10 nitrogen and oxygen atoms in total. The predicted octanol–water partition coefficient (Wildman–Crippen LogP) is 8.27. The third-order valence-corrected chi connectivity index (χ3v) is 9.14. The van der Waals surface area contributed by atoms with E-state index in [9.17, 15) is 30.0 Å². The molecule has 0 radical (unpaired) electrons. The molecule has 10 heteroatoms. The first-order valence-electron chi connectivity index (χ1n) is 20.9. The Morgan fingerprint density at radius 2 is 1.09 bits per heavy atom. The number of esters is 2. The van der Waals surface area contributed by atoms with Crippen LogP contribution >= 0.6 is 0 Å². The van der Waals surface area contributed by atoms with Crippen LogP contribution in [0, 0.1) is 0 Å². The molecule has 0 aromatic rings. The van der Waals surface area contributed by atoms with Gasteiger partial charge in [-0.3, -0.25) is 9.59 Å². The van der Waals surface area contributed by atoms with Gasteiger partial charge in [-0.1, -0.05) is 120 Å². The smallest absolute Gasteiger partial charge is 0.306 e. The molecule has 6 unspecified atom stereocenters. The van der Waals surface area contributed by atoms with Crippen molar-refractivity contribution in [1.82, 2.24) is 0 Å². The summed E-state index contributed by atoms with van der Waals surface area (Å²) >= 11 is 0. The van der Waals surface area contributed by atoms with E-state index in [1.807, 2.05) is 0 Å². The van der Waals surface area contributed by atoms with Crippen LogP contribution in [0.15, 0.2) is 60.8 Å². The van der Waals surface area contributed by atoms with Gasteiger partial charge in [-0.25, -0.2) is 0 Å². The summed E-state index contributed by atoms with van der Waals surface area (Å²) in [5.41, 5.74) is 0. The summed E-state index contributed by atoms with van der Waals surface area (Å²) in [4.78, 5) is 25.2. The standard InChI is InChI=1S/C44H74O10/c1-3-5-7-9-11-13-15-17-18-19-20-21-23-25-27-29-31-33-40(47)53-37(36-52-44-43(50)42(49)41(48)38(34-45)54-44)35-51-39(46)32-30-28-26-24-22-16-14-12-10-8-6-4-2/h5,7,11-14,17-18,20-21,37-38,41-45,48-50H,3-4,6,8-10,15-16,19,22-36H2,1-2H3/b7-5-,13-11-,14-12-,18-17-,21-20-. The molecule has 1 aliphatic rings. The maximum atomic E-state index is 12.7. The van der Waals surface area contributed by atoms with Gasteiger partial charge < -0.3 is 39.4 Å². The van der Waals surface area contributed by atoms with Crippen molar-refractivity contribution in [1.29, 1.82) is 0 Å². The zero-order valence-corrected chi connectivity index (χ0v) is 33.4. The molecule has 0 amide bonds. The van der Waals surface area contributed by atoms with E-state index in [2.05, 4.69) is 74.6 Å². The number of unbranched alkanes of at least 4 members (excludes halogenated alkanes) is 12. The lowest BCUT2D eigenvalue weighted by Crippen LogP contribution is -2.59. The van der Waals surface area contributed by atoms with Gasteiger partial charge in [0.05, 0.1) is 13.2 Å². The lowest BCUT2D eigenvalue weighted by atomic mass is 9.99. The molecule has 0 aromatic heterocycles. The van der Waals surface area contributed by atoms with E-state index in [0.29, 0.717) is 12.8 Å². The van der Waals surface area contributed by atoms with Gasteiger partial charge in [0, 0.05) is 12.8 Å². The zero-order chi connectivity index (χ0) is 39.5. The van der Waals surface area contributed by atoms with Crippen molar-refractivity contribution in [3.63, 3.8) is 0 Å². The second kappa shape index (κ2) is 34.9. The van der Waals surface area contributed by atoms with Crippen LogP contribution in [0.3, 0.4) is 0 Å². The molecule has 6 atom stereocenters. The highest BCUT2D eigenvalue weighted by atomic mass is 16.7. The van der Waals surface area contributed by atoms with E-state index in [-0.39, 0.29) is 26.1 Å². The average Bonchev–Trinajstić information content (AvgIpc) is 3.17. The van der Waals surface area contributed by atoms with Crippen molar-refractivity contribution < 1.29 is 49.0 Å². The molecule has 0 aliphatic carbocycles. The van der Waals surface area contributed by atoms with E-state index in [1.54, 1.807) is 0 Å². The van der Waals surface area contributed by atoms with E-state index < -0.39 is 55.4 Å². The second-order valence-electron chi connectivity index (χ2n) is 14.1. The molecule has 310 valence electrons. The highest BCUT2D eigenvalue weighted by Gasteiger charge is 2.44. The van der Waals surface area contributed by atoms with Crippen molar-refractivity contribution in [3.05, 3.63) is 60.8 Å². The molecule has 0 aromatic carbocycles. The molecular formula is C44H74O10. The fourth-order valence-electron chi connectivity index (χ4n) is 5.82. The van der Waals surface area contributed by atoms with Gasteiger partial charge in [-0.15, -0.1) is 0 Å². The van der Waals surface area contributed by atoms with Crippen LogP contribution < -0.4 is 0 Å². The first kappa shape index (κ1) is 49.4. The lowest BCUT2D eigenvalue weighted by molar-refractivity contribution is -0.305. The maximum Gasteiger partial charge on any atom is 0.306 e. The largest absolute Gasteiger partial charge is 0.462 e. The lowest BCUT2D eigenvalue weighted by Gasteiger charge is -2.39. The molecule has 0 bridgehead atoms. The fourth-order valence-corrected chi connectivity index (χ4v) is 5.82. The van der Waals surface area contributed by atoms with Crippen molar-refractivity contribution in [2.24, 2.45) is 0 Å². The number of hydrogen-bond donors (Lipinski definition) is 4. The van der Waals surface area contributed by atoms with Gasteiger partial charge in [0.2, 0.25) is 0 Å². The quantitative estimate of drug-likeness (QED) is 0.0292.